The van der Waals surface area contributed by atoms with Gasteiger partial charge in [-0.25, -0.2) is 4.39 Å². The summed E-state index contributed by atoms with van der Waals surface area (Å²) in [5, 5.41) is 0. The molecule has 34 heavy (non-hydrogen) atoms. The van der Waals surface area contributed by atoms with Crippen LogP contribution in [0, 0.1) is 5.82 Å². The molecule has 0 radical (unpaired) electrons. The van der Waals surface area contributed by atoms with Crippen molar-refractivity contribution < 1.29 is 23.5 Å². The van der Waals surface area contributed by atoms with Gasteiger partial charge in [-0.2, -0.15) is 0 Å². The van der Waals surface area contributed by atoms with E-state index in [9.17, 15) is 18.8 Å². The van der Waals surface area contributed by atoms with Crippen molar-refractivity contribution in [2.45, 2.75) is 6.92 Å². The fourth-order valence-corrected chi connectivity index (χ4v) is 3.87. The number of carbonyl (C=O) groups excluding carboxylic acids is 3. The molecule has 3 aromatic rings. The largest absolute Gasteiger partial charge is 0.484 e. The first-order valence-electron chi connectivity index (χ1n) is 11.1. The molecule has 0 bridgehead atoms. The second kappa shape index (κ2) is 10.3. The van der Waals surface area contributed by atoms with Crippen LogP contribution in [0.5, 0.6) is 5.75 Å². The zero-order valence-corrected chi connectivity index (χ0v) is 18.9. The smallest absolute Gasteiger partial charge is 0.260 e. The van der Waals surface area contributed by atoms with E-state index in [1.807, 2.05) is 23.1 Å². The molecule has 0 aromatic heterocycles. The van der Waals surface area contributed by atoms with Crippen LogP contribution in [0.4, 0.5) is 10.1 Å². The van der Waals surface area contributed by atoms with E-state index in [1.165, 1.54) is 13.0 Å². The number of halogens is 1. The molecule has 0 N–H and O–H groups in total. The van der Waals surface area contributed by atoms with E-state index in [1.54, 1.807) is 53.4 Å². The van der Waals surface area contributed by atoms with Crippen LogP contribution in [0.3, 0.4) is 0 Å². The first-order chi connectivity index (χ1) is 16.4. The van der Waals surface area contributed by atoms with Crippen molar-refractivity contribution in [3.8, 4) is 5.75 Å². The molecule has 4 rings (SSSR count). The van der Waals surface area contributed by atoms with E-state index in [4.69, 9.17) is 4.74 Å². The van der Waals surface area contributed by atoms with Crippen LogP contribution < -0.4 is 9.64 Å². The topological polar surface area (TPSA) is 66.9 Å². The molecule has 0 atom stereocenters. The van der Waals surface area contributed by atoms with E-state index >= 15 is 0 Å². The Hall–Kier alpha value is -4.00. The van der Waals surface area contributed by atoms with Crippen molar-refractivity contribution in [3.63, 3.8) is 0 Å². The van der Waals surface area contributed by atoms with Crippen molar-refractivity contribution in [3.05, 3.63) is 95.3 Å². The molecular formula is C27H25FN2O4. The number of ether oxygens (including phenoxy) is 1. The summed E-state index contributed by atoms with van der Waals surface area (Å²) in [5.41, 5.74) is 1.92. The summed E-state index contributed by atoms with van der Waals surface area (Å²) in [4.78, 5) is 40.0. The van der Waals surface area contributed by atoms with Gasteiger partial charge in [0.15, 0.2) is 18.2 Å². The van der Waals surface area contributed by atoms with E-state index in [0.717, 1.165) is 0 Å². The molecule has 0 spiro atoms. The van der Waals surface area contributed by atoms with Crippen molar-refractivity contribution >= 4 is 23.2 Å². The molecule has 6 nitrogen and oxygen atoms in total. The zero-order chi connectivity index (χ0) is 24.1. The van der Waals surface area contributed by atoms with Crippen molar-refractivity contribution in [2.75, 3.05) is 37.7 Å². The average Bonchev–Trinajstić information content (AvgIpc) is 2.87. The van der Waals surface area contributed by atoms with Crippen LogP contribution >= 0.6 is 0 Å². The van der Waals surface area contributed by atoms with Crippen molar-refractivity contribution in [1.29, 1.82) is 0 Å². The number of piperazine rings is 1. The molecule has 1 heterocycles. The summed E-state index contributed by atoms with van der Waals surface area (Å²) in [6, 6.07) is 20.2. The van der Waals surface area contributed by atoms with Gasteiger partial charge in [0.2, 0.25) is 0 Å². The van der Waals surface area contributed by atoms with E-state index < -0.39 is 5.82 Å². The number of Topliss-reactive ketones (excluding diaryl/α,β-unsaturated/α-hetero) is 1. The molecule has 1 saturated heterocycles. The third-order valence-electron chi connectivity index (χ3n) is 5.84. The molecular weight excluding hydrogens is 435 g/mol. The molecule has 0 saturated carbocycles. The first-order valence-corrected chi connectivity index (χ1v) is 11.1. The molecule has 1 fully saturated rings. The Morgan fingerprint density at radius 3 is 2.06 bits per heavy atom. The summed E-state index contributed by atoms with van der Waals surface area (Å²) < 4.78 is 20.0. The van der Waals surface area contributed by atoms with Gasteiger partial charge in [-0.3, -0.25) is 14.4 Å². The molecule has 3 aromatic carbocycles. The van der Waals surface area contributed by atoms with Crippen molar-refractivity contribution in [1.82, 2.24) is 4.90 Å². The van der Waals surface area contributed by atoms with Gasteiger partial charge >= 0.3 is 0 Å². The lowest BCUT2D eigenvalue weighted by atomic mass is 10.0. The molecule has 174 valence electrons. The Bertz CT molecular complexity index is 1190. The number of rotatable bonds is 7. The predicted octanol–water partition coefficient (Wildman–Crippen LogP) is 3.99. The highest BCUT2D eigenvalue weighted by molar-refractivity contribution is 6.09. The Morgan fingerprint density at radius 2 is 1.44 bits per heavy atom. The summed E-state index contributed by atoms with van der Waals surface area (Å²) in [6.07, 6.45) is 0. The number of nitrogens with zero attached hydrogens (tertiary/aromatic N) is 2. The number of benzene rings is 3. The second-order valence-electron chi connectivity index (χ2n) is 8.10. The molecule has 0 aliphatic carbocycles. The summed E-state index contributed by atoms with van der Waals surface area (Å²) in [7, 11) is 0. The lowest BCUT2D eigenvalue weighted by molar-refractivity contribution is -0.133. The van der Waals surface area contributed by atoms with Crippen LogP contribution in [0.2, 0.25) is 0 Å². The Morgan fingerprint density at radius 1 is 0.824 bits per heavy atom. The Kier molecular flexibility index (Phi) is 7.01. The molecule has 1 aliphatic rings. The van der Waals surface area contributed by atoms with Gasteiger partial charge in [0, 0.05) is 42.9 Å². The highest BCUT2D eigenvalue weighted by Gasteiger charge is 2.23. The fraction of sp³-hybridized carbons (Fsp3) is 0.222. The van der Waals surface area contributed by atoms with Gasteiger partial charge in [0.05, 0.1) is 5.69 Å². The van der Waals surface area contributed by atoms with Gasteiger partial charge in [-0.15, -0.1) is 0 Å². The van der Waals surface area contributed by atoms with E-state index in [-0.39, 0.29) is 24.1 Å². The molecule has 1 amide bonds. The highest BCUT2D eigenvalue weighted by atomic mass is 19.1. The SMILES string of the molecule is CC(=O)c1ccc(N2CCN(C(=O)COc3ccc(C(=O)c4ccccc4)cc3)CC2)c(F)c1. The summed E-state index contributed by atoms with van der Waals surface area (Å²) >= 11 is 0. The number of hydrogen-bond acceptors (Lipinski definition) is 5. The number of carbonyl (C=O) groups is 3. The third kappa shape index (κ3) is 5.31. The van der Waals surface area contributed by atoms with Crippen LogP contribution in [-0.4, -0.2) is 55.2 Å². The predicted molar refractivity (Wildman–Crippen MR) is 127 cm³/mol. The normalized spacial score (nSPS) is 13.5. The summed E-state index contributed by atoms with van der Waals surface area (Å²) in [6.45, 7) is 3.14. The van der Waals surface area contributed by atoms with Gasteiger partial charge in [0.1, 0.15) is 11.6 Å². The Labute approximate surface area is 197 Å². The van der Waals surface area contributed by atoms with E-state index in [2.05, 4.69) is 0 Å². The van der Waals surface area contributed by atoms with Crippen molar-refractivity contribution in [2.24, 2.45) is 0 Å². The third-order valence-corrected chi connectivity index (χ3v) is 5.84. The van der Waals surface area contributed by atoms with Crippen LogP contribution in [0.15, 0.2) is 72.8 Å². The maximum Gasteiger partial charge on any atom is 0.260 e. The van der Waals surface area contributed by atoms with Gasteiger partial charge in [-0.1, -0.05) is 30.3 Å². The zero-order valence-electron chi connectivity index (χ0n) is 18.9. The minimum atomic E-state index is -0.440. The van der Waals surface area contributed by atoms with Gasteiger partial charge < -0.3 is 14.5 Å². The average molecular weight is 461 g/mol. The minimum Gasteiger partial charge on any atom is -0.484 e. The maximum atomic E-state index is 14.4. The highest BCUT2D eigenvalue weighted by Crippen LogP contribution is 2.22. The lowest BCUT2D eigenvalue weighted by Gasteiger charge is -2.36. The second-order valence-corrected chi connectivity index (χ2v) is 8.10. The standard InChI is InChI=1S/C27H25FN2O4/c1-19(31)22-9-12-25(24(28)17-22)29-13-15-30(16-14-29)26(32)18-34-23-10-7-21(8-11-23)27(33)20-5-3-2-4-6-20/h2-12,17H,13-16,18H2,1H3. The van der Waals surface area contributed by atoms with Crippen LogP contribution in [0.25, 0.3) is 0 Å². The number of hydrogen-bond donors (Lipinski definition) is 0. The number of ketones is 2. The fourth-order valence-electron chi connectivity index (χ4n) is 3.87. The minimum absolute atomic E-state index is 0.0755. The first kappa shape index (κ1) is 23.2. The molecule has 0 unspecified atom stereocenters. The van der Waals surface area contributed by atoms with E-state index in [0.29, 0.717) is 54.3 Å². The van der Waals surface area contributed by atoms with Gasteiger partial charge in [-0.05, 0) is 49.4 Å². The quantitative estimate of drug-likeness (QED) is 0.499. The Balaban J connectivity index is 1.27. The molecule has 1 aliphatic heterocycles. The number of amides is 1. The summed E-state index contributed by atoms with van der Waals surface area (Å²) in [5.74, 6) is -0.350. The lowest BCUT2D eigenvalue weighted by Crippen LogP contribution is -2.50. The maximum absolute atomic E-state index is 14.4. The monoisotopic (exact) mass is 460 g/mol. The van der Waals surface area contributed by atoms with Crippen LogP contribution in [0.1, 0.15) is 33.2 Å². The van der Waals surface area contributed by atoms with Gasteiger partial charge in [0.25, 0.3) is 5.91 Å². The molecule has 7 heteroatoms. The van der Waals surface area contributed by atoms with Crippen LogP contribution in [-0.2, 0) is 4.79 Å². The number of anilines is 1.